The normalized spacial score (nSPS) is 42.7. The zero-order chi connectivity index (χ0) is 27.4. The van der Waals surface area contributed by atoms with Gasteiger partial charge in [0.25, 0.3) is 5.92 Å². The molecule has 0 spiro atoms. The van der Waals surface area contributed by atoms with Crippen molar-refractivity contribution in [3.05, 3.63) is 0 Å². The molecule has 10 atom stereocenters. The average Bonchev–Trinajstić information content (AvgIpc) is 3.13. The summed E-state index contributed by atoms with van der Waals surface area (Å²) in [7, 11) is -4.78. The second kappa shape index (κ2) is 11.8. The second-order valence-electron chi connectivity index (χ2n) is 12.8. The first-order valence-electron chi connectivity index (χ1n) is 13.7. The van der Waals surface area contributed by atoms with Gasteiger partial charge >= 0.3 is 29.6 Å². The van der Waals surface area contributed by atoms with Crippen molar-refractivity contribution in [2.75, 3.05) is 13.2 Å². The molecule has 3 N–H and O–H groups in total. The first-order chi connectivity index (χ1) is 17.1. The van der Waals surface area contributed by atoms with E-state index in [-0.39, 0.29) is 96.3 Å². The van der Waals surface area contributed by atoms with E-state index in [0.717, 1.165) is 25.7 Å². The van der Waals surface area contributed by atoms with Crippen molar-refractivity contribution in [2.24, 2.45) is 46.3 Å². The number of fused-ring (bicyclic) bond motifs is 5. The molecule has 0 aliphatic heterocycles. The minimum atomic E-state index is -4.78. The Morgan fingerprint density at radius 3 is 2.45 bits per heavy atom. The molecule has 4 aliphatic carbocycles. The fourth-order valence-corrected chi connectivity index (χ4v) is 9.48. The molecule has 0 aromatic carbocycles. The average molecular weight is 574 g/mol. The minimum Gasteiger partial charge on any atom is -0.726 e. The number of halogens is 2. The number of hydrogen-bond acceptors (Lipinski definition) is 7. The van der Waals surface area contributed by atoms with Gasteiger partial charge in [0, 0.05) is 19.4 Å². The van der Waals surface area contributed by atoms with E-state index in [2.05, 4.69) is 23.3 Å². The van der Waals surface area contributed by atoms with Gasteiger partial charge in [-0.2, -0.15) is 0 Å². The maximum atomic E-state index is 14.7. The fraction of sp³-hybridized carbons (Fsp3) is 0.962. The van der Waals surface area contributed by atoms with Gasteiger partial charge in [0.05, 0.1) is 12.7 Å². The van der Waals surface area contributed by atoms with Gasteiger partial charge in [0.15, 0.2) is 0 Å². The van der Waals surface area contributed by atoms with Crippen LogP contribution in [0.3, 0.4) is 0 Å². The van der Waals surface area contributed by atoms with E-state index < -0.39 is 40.6 Å². The van der Waals surface area contributed by atoms with E-state index in [1.807, 2.05) is 6.92 Å². The summed E-state index contributed by atoms with van der Waals surface area (Å²) in [6.07, 6.45) is 2.56. The van der Waals surface area contributed by atoms with E-state index in [0.29, 0.717) is 18.8 Å². The third-order valence-corrected chi connectivity index (χ3v) is 11.4. The molecule has 4 aliphatic rings. The number of amides is 1. The zero-order valence-electron chi connectivity index (χ0n) is 23.0. The number of alkyl halides is 2. The third-order valence-electron chi connectivity index (χ3n) is 10.9. The third kappa shape index (κ3) is 6.30. The molecule has 4 fully saturated rings. The number of aliphatic hydroxyl groups excluding tert-OH is 2. The predicted octanol–water partition coefficient (Wildman–Crippen LogP) is 0.236. The van der Waals surface area contributed by atoms with Gasteiger partial charge in [-0.3, -0.25) is 8.98 Å². The summed E-state index contributed by atoms with van der Waals surface area (Å²) in [5.74, 6) is -2.60. The topological polar surface area (TPSA) is 136 Å². The van der Waals surface area contributed by atoms with Crippen LogP contribution in [0.25, 0.3) is 0 Å². The quantitative estimate of drug-likeness (QED) is 0.164. The molecule has 4 rings (SSSR count). The van der Waals surface area contributed by atoms with Gasteiger partial charge in [0.2, 0.25) is 16.3 Å². The summed E-state index contributed by atoms with van der Waals surface area (Å²) in [5, 5.41) is 23.9. The monoisotopic (exact) mass is 573 g/mol. The van der Waals surface area contributed by atoms with Crippen LogP contribution >= 0.6 is 0 Å². The van der Waals surface area contributed by atoms with Gasteiger partial charge in [-0.15, -0.1) is 0 Å². The number of carbonyl (C=O) groups excluding carboxylic acids is 1. The van der Waals surface area contributed by atoms with Crippen molar-refractivity contribution in [2.45, 2.75) is 96.7 Å². The number of hydrogen-bond donors (Lipinski definition) is 3. The molecule has 3 unspecified atom stereocenters. The van der Waals surface area contributed by atoms with E-state index in [1.54, 1.807) is 0 Å². The largest absolute Gasteiger partial charge is 1.00 e. The summed E-state index contributed by atoms with van der Waals surface area (Å²) < 4.78 is 64.9. The van der Waals surface area contributed by atoms with Crippen LogP contribution in [0.4, 0.5) is 8.78 Å². The summed E-state index contributed by atoms with van der Waals surface area (Å²) in [6.45, 7) is 5.93. The summed E-state index contributed by atoms with van der Waals surface area (Å²) in [6, 6.07) is 0. The zero-order valence-corrected chi connectivity index (χ0v) is 25.8. The van der Waals surface area contributed by atoms with E-state index >= 15 is 0 Å². The van der Waals surface area contributed by atoms with Crippen LogP contribution in [0.1, 0.15) is 78.6 Å². The van der Waals surface area contributed by atoms with E-state index in [1.165, 1.54) is 0 Å². The van der Waals surface area contributed by atoms with Crippen LogP contribution in [0.5, 0.6) is 0 Å². The van der Waals surface area contributed by atoms with Gasteiger partial charge in [-0.1, -0.05) is 20.8 Å². The Morgan fingerprint density at radius 1 is 1.13 bits per heavy atom. The van der Waals surface area contributed by atoms with Gasteiger partial charge in [-0.05, 0) is 91.3 Å². The van der Waals surface area contributed by atoms with Crippen molar-refractivity contribution >= 4 is 16.3 Å². The molecule has 12 heteroatoms. The van der Waals surface area contributed by atoms with Gasteiger partial charge in [-0.25, -0.2) is 17.2 Å². The molecule has 0 bridgehead atoms. The van der Waals surface area contributed by atoms with Crippen LogP contribution in [0.2, 0.25) is 0 Å². The smallest absolute Gasteiger partial charge is 0.726 e. The maximum absolute atomic E-state index is 14.7. The van der Waals surface area contributed by atoms with Crippen LogP contribution in [0, 0.1) is 46.3 Å². The van der Waals surface area contributed by atoms with Crippen molar-refractivity contribution < 1.29 is 70.5 Å². The number of rotatable bonds is 8. The van der Waals surface area contributed by atoms with Crippen molar-refractivity contribution in [3.63, 3.8) is 0 Å². The Labute approximate surface area is 247 Å². The van der Waals surface area contributed by atoms with Crippen molar-refractivity contribution in [1.29, 1.82) is 0 Å². The molecule has 1 amide bonds. The Morgan fingerprint density at radius 2 is 1.79 bits per heavy atom. The first-order valence-corrected chi connectivity index (χ1v) is 15.0. The standard InChI is InChI=1S/C26H43F2NO7S.Na/c1-15(4-7-22(32)29-10-11-36-37(33,34)35)17-5-6-18-23-19(8-9-24(17,18)2)25(3)14-26(27,28)21(31)13-16(25)12-20(23)30;/h15-21,23,30-31H,4-14H2,1-3H3,(H,29,32)(H,33,34,35);/q;+1/p-1/t15-,16-,17-,18?,19?,20+,21-,23?,24-,25+;/m1./s1. The van der Waals surface area contributed by atoms with E-state index in [9.17, 15) is 36.8 Å². The summed E-state index contributed by atoms with van der Waals surface area (Å²) in [4.78, 5) is 12.2. The predicted molar refractivity (Wildman–Crippen MR) is 130 cm³/mol. The number of nitrogens with one attached hydrogen (secondary N) is 1. The molecule has 214 valence electrons. The Hall–Kier alpha value is 0.120. The molecular formula is C26H42F2NNaO7S. The van der Waals surface area contributed by atoms with Crippen LogP contribution in [-0.4, -0.2) is 60.4 Å². The van der Waals surface area contributed by atoms with Gasteiger partial charge in [0.1, 0.15) is 6.10 Å². The molecule has 0 aromatic rings. The molecule has 8 nitrogen and oxygen atoms in total. The Bertz CT molecular complexity index is 971. The van der Waals surface area contributed by atoms with Crippen molar-refractivity contribution in [3.8, 4) is 0 Å². The number of carbonyl (C=O) groups is 1. The SMILES string of the molecule is C[C@H](CCC(=O)NCCOS(=O)(=O)[O-])[C@H]1CCC2C3C(CC[C@@]21C)[C@@]1(C)CC(F)(F)[C@H](O)C[C@H]1C[C@@H]3O.[Na+]. The van der Waals surface area contributed by atoms with Crippen LogP contribution in [-0.2, 0) is 19.4 Å². The number of aliphatic hydroxyl groups is 2. The molecule has 0 heterocycles. The second-order valence-corrected chi connectivity index (χ2v) is 13.9. The van der Waals surface area contributed by atoms with Gasteiger partial charge < -0.3 is 20.1 Å². The molecule has 38 heavy (non-hydrogen) atoms. The Kier molecular flexibility index (Phi) is 10.1. The first kappa shape index (κ1) is 32.6. The van der Waals surface area contributed by atoms with E-state index in [4.69, 9.17) is 0 Å². The Balaban J connectivity index is 0.00000400. The maximum Gasteiger partial charge on any atom is 1.00 e. The summed E-state index contributed by atoms with van der Waals surface area (Å²) >= 11 is 0. The molecule has 0 radical (unpaired) electrons. The van der Waals surface area contributed by atoms with Crippen molar-refractivity contribution in [1.82, 2.24) is 5.32 Å². The molecule has 0 aromatic heterocycles. The summed E-state index contributed by atoms with van der Waals surface area (Å²) in [5.41, 5.74) is -0.626. The molecular weight excluding hydrogens is 531 g/mol. The fourth-order valence-electron chi connectivity index (χ4n) is 9.19. The molecule has 0 saturated heterocycles. The molecule has 4 saturated carbocycles. The van der Waals surface area contributed by atoms with Crippen LogP contribution in [0.15, 0.2) is 0 Å². The minimum absolute atomic E-state index is 0. The van der Waals surface area contributed by atoms with Crippen LogP contribution < -0.4 is 34.9 Å².